The summed E-state index contributed by atoms with van der Waals surface area (Å²) >= 11 is 0. The third-order valence-corrected chi connectivity index (χ3v) is 2.12. The third kappa shape index (κ3) is 5.21. The quantitative estimate of drug-likeness (QED) is 0.527. The molecule has 0 heterocycles. The van der Waals surface area contributed by atoms with E-state index in [0.29, 0.717) is 13.0 Å². The number of esters is 1. The molecule has 0 bridgehead atoms. The Labute approximate surface area is 91.3 Å². The normalized spacial score (nSPS) is 9.93. The monoisotopic (exact) mass is 205 g/mol. The van der Waals surface area contributed by atoms with Crippen molar-refractivity contribution in [2.45, 2.75) is 25.7 Å². The predicted octanol–water partition coefficient (Wildman–Crippen LogP) is 2.78. The van der Waals surface area contributed by atoms with Gasteiger partial charge in [0.2, 0.25) is 0 Å². The Kier molecular flexibility index (Phi) is 5.52. The lowest BCUT2D eigenvalue weighted by Crippen LogP contribution is -2.06. The van der Waals surface area contributed by atoms with Crippen LogP contribution in [-0.2, 0) is 16.0 Å². The van der Waals surface area contributed by atoms with Crippen molar-refractivity contribution in [2.75, 3.05) is 6.61 Å². The fraction of sp³-hybridized carbons (Fsp3) is 0.385. The van der Waals surface area contributed by atoms with E-state index in [1.807, 2.05) is 30.3 Å². The summed E-state index contributed by atoms with van der Waals surface area (Å²) in [6, 6.07) is 9.95. The van der Waals surface area contributed by atoms with E-state index in [-0.39, 0.29) is 5.97 Å². The van der Waals surface area contributed by atoms with E-state index >= 15 is 0 Å². The summed E-state index contributed by atoms with van der Waals surface area (Å²) in [5.41, 5.74) is 1.17. The summed E-state index contributed by atoms with van der Waals surface area (Å²) in [5.74, 6) is -0.118. The zero-order chi connectivity index (χ0) is 10.9. The van der Waals surface area contributed by atoms with E-state index in [1.54, 1.807) is 0 Å². The SMILES string of the molecule is [CH2]CCCOC(=O)CCc1ccccc1. The minimum atomic E-state index is -0.118. The van der Waals surface area contributed by atoms with Crippen LogP contribution in [0.5, 0.6) is 0 Å². The number of unbranched alkanes of at least 4 members (excludes halogenated alkanes) is 1. The molecule has 15 heavy (non-hydrogen) atoms. The van der Waals surface area contributed by atoms with Crippen molar-refractivity contribution < 1.29 is 9.53 Å². The van der Waals surface area contributed by atoms with Crippen LogP contribution < -0.4 is 0 Å². The molecule has 1 aromatic rings. The molecule has 1 aromatic carbocycles. The Morgan fingerprint density at radius 1 is 1.27 bits per heavy atom. The van der Waals surface area contributed by atoms with E-state index in [0.717, 1.165) is 19.3 Å². The molecule has 0 unspecified atom stereocenters. The molecule has 81 valence electrons. The fourth-order valence-corrected chi connectivity index (χ4v) is 1.25. The number of carbonyl (C=O) groups excluding carboxylic acids is 1. The maximum Gasteiger partial charge on any atom is 0.306 e. The van der Waals surface area contributed by atoms with Gasteiger partial charge >= 0.3 is 5.97 Å². The first-order chi connectivity index (χ1) is 7.33. The third-order valence-electron chi connectivity index (χ3n) is 2.12. The number of hydrogen-bond donors (Lipinski definition) is 0. The molecule has 2 nitrogen and oxygen atoms in total. The van der Waals surface area contributed by atoms with Crippen molar-refractivity contribution in [3.8, 4) is 0 Å². The maximum atomic E-state index is 11.2. The first-order valence-electron chi connectivity index (χ1n) is 5.31. The van der Waals surface area contributed by atoms with Gasteiger partial charge in [0.15, 0.2) is 0 Å². The zero-order valence-electron chi connectivity index (χ0n) is 8.95. The van der Waals surface area contributed by atoms with Gasteiger partial charge in [-0.3, -0.25) is 4.79 Å². The van der Waals surface area contributed by atoms with Crippen LogP contribution in [0.1, 0.15) is 24.8 Å². The summed E-state index contributed by atoms with van der Waals surface area (Å²) in [4.78, 5) is 11.2. The molecule has 1 rings (SSSR count). The molecule has 0 saturated heterocycles. The zero-order valence-corrected chi connectivity index (χ0v) is 8.95. The van der Waals surface area contributed by atoms with Crippen LogP contribution in [0.4, 0.5) is 0 Å². The molecular weight excluding hydrogens is 188 g/mol. The van der Waals surface area contributed by atoms with Crippen molar-refractivity contribution in [2.24, 2.45) is 0 Å². The summed E-state index contributed by atoms with van der Waals surface area (Å²) in [7, 11) is 0. The molecule has 0 aromatic heterocycles. The van der Waals surface area contributed by atoms with Crippen molar-refractivity contribution in [3.05, 3.63) is 42.8 Å². The number of benzene rings is 1. The molecule has 2 heteroatoms. The summed E-state index contributed by atoms with van der Waals surface area (Å²) in [6.45, 7) is 4.18. The number of rotatable bonds is 6. The van der Waals surface area contributed by atoms with Gasteiger partial charge in [0.1, 0.15) is 0 Å². The van der Waals surface area contributed by atoms with Crippen LogP contribution in [0.25, 0.3) is 0 Å². The van der Waals surface area contributed by atoms with Crippen LogP contribution in [0, 0.1) is 6.92 Å². The topological polar surface area (TPSA) is 26.3 Å². The predicted molar refractivity (Wildman–Crippen MR) is 60.3 cm³/mol. The Morgan fingerprint density at radius 2 is 2.00 bits per heavy atom. The molecule has 0 aliphatic heterocycles. The largest absolute Gasteiger partial charge is 0.466 e. The minimum Gasteiger partial charge on any atom is -0.466 e. The average molecular weight is 205 g/mol. The van der Waals surface area contributed by atoms with E-state index in [9.17, 15) is 4.79 Å². The maximum absolute atomic E-state index is 11.2. The van der Waals surface area contributed by atoms with Gasteiger partial charge < -0.3 is 4.74 Å². The number of hydrogen-bond acceptors (Lipinski definition) is 2. The minimum absolute atomic E-state index is 0.118. The van der Waals surface area contributed by atoms with Crippen molar-refractivity contribution in [3.63, 3.8) is 0 Å². The number of carbonyl (C=O) groups is 1. The summed E-state index contributed by atoms with van der Waals surface area (Å²) in [5, 5.41) is 0. The highest BCUT2D eigenvalue weighted by atomic mass is 16.5. The lowest BCUT2D eigenvalue weighted by molar-refractivity contribution is -0.143. The van der Waals surface area contributed by atoms with Gasteiger partial charge in [0, 0.05) is 6.42 Å². The fourth-order valence-electron chi connectivity index (χ4n) is 1.25. The van der Waals surface area contributed by atoms with Crippen LogP contribution in [0.15, 0.2) is 30.3 Å². The van der Waals surface area contributed by atoms with E-state index in [1.165, 1.54) is 5.56 Å². The second kappa shape index (κ2) is 7.04. The van der Waals surface area contributed by atoms with Gasteiger partial charge in [-0.05, 0) is 18.4 Å². The molecule has 0 amide bonds. The van der Waals surface area contributed by atoms with Gasteiger partial charge in [0.25, 0.3) is 0 Å². The highest BCUT2D eigenvalue weighted by Crippen LogP contribution is 2.03. The summed E-state index contributed by atoms with van der Waals surface area (Å²) in [6.07, 6.45) is 2.87. The van der Waals surface area contributed by atoms with Crippen molar-refractivity contribution >= 4 is 5.97 Å². The molecule has 1 radical (unpaired) electrons. The lowest BCUT2D eigenvalue weighted by Gasteiger charge is -2.03. The molecule has 0 spiro atoms. The summed E-state index contributed by atoms with van der Waals surface area (Å²) < 4.78 is 5.03. The van der Waals surface area contributed by atoms with Crippen LogP contribution in [-0.4, -0.2) is 12.6 Å². The molecule has 0 aliphatic rings. The van der Waals surface area contributed by atoms with Crippen molar-refractivity contribution in [1.29, 1.82) is 0 Å². The van der Waals surface area contributed by atoms with E-state index in [2.05, 4.69) is 6.92 Å². The second-order valence-corrected chi connectivity index (χ2v) is 3.41. The lowest BCUT2D eigenvalue weighted by atomic mass is 10.1. The molecular formula is C13H17O2. The average Bonchev–Trinajstić information content (AvgIpc) is 2.28. The van der Waals surface area contributed by atoms with E-state index < -0.39 is 0 Å². The Morgan fingerprint density at radius 3 is 2.67 bits per heavy atom. The highest BCUT2D eigenvalue weighted by molar-refractivity contribution is 5.69. The standard InChI is InChI=1S/C13H17O2/c1-2-3-11-15-13(14)10-9-12-7-5-4-6-8-12/h4-8H,1-3,9-11H2. The van der Waals surface area contributed by atoms with Gasteiger partial charge in [-0.2, -0.15) is 0 Å². The molecule has 0 N–H and O–H groups in total. The number of aryl methyl sites for hydroxylation is 1. The highest BCUT2D eigenvalue weighted by Gasteiger charge is 2.02. The van der Waals surface area contributed by atoms with Crippen LogP contribution in [0.2, 0.25) is 0 Å². The van der Waals surface area contributed by atoms with E-state index in [4.69, 9.17) is 4.74 Å². The molecule has 0 atom stereocenters. The van der Waals surface area contributed by atoms with Crippen molar-refractivity contribution in [1.82, 2.24) is 0 Å². The smallest absolute Gasteiger partial charge is 0.306 e. The number of ether oxygens (including phenoxy) is 1. The molecule has 0 fully saturated rings. The van der Waals surface area contributed by atoms with Gasteiger partial charge in [-0.25, -0.2) is 0 Å². The first-order valence-corrected chi connectivity index (χ1v) is 5.31. The van der Waals surface area contributed by atoms with Crippen LogP contribution >= 0.6 is 0 Å². The van der Waals surface area contributed by atoms with Gasteiger partial charge in [0.05, 0.1) is 6.61 Å². The Bertz CT molecular complexity index is 280. The first kappa shape index (κ1) is 11.8. The van der Waals surface area contributed by atoms with Gasteiger partial charge in [-0.15, -0.1) is 0 Å². The van der Waals surface area contributed by atoms with Crippen LogP contribution in [0.3, 0.4) is 0 Å². The molecule has 0 aliphatic carbocycles. The second-order valence-electron chi connectivity index (χ2n) is 3.41. The Balaban J connectivity index is 2.17. The van der Waals surface area contributed by atoms with Gasteiger partial charge in [-0.1, -0.05) is 43.7 Å². The Hall–Kier alpha value is -1.31. The molecule has 0 saturated carbocycles.